The maximum atomic E-state index is 12.3. The van der Waals surface area contributed by atoms with E-state index in [1.54, 1.807) is 10.8 Å². The summed E-state index contributed by atoms with van der Waals surface area (Å²) in [6.45, 7) is 2.61. The Balaban J connectivity index is 2.02. The number of hydrogen-bond acceptors (Lipinski definition) is 3. The molecule has 2 aromatic carbocycles. The first-order chi connectivity index (χ1) is 13.7. The Morgan fingerprint density at radius 3 is 2.46 bits per heavy atom. The molecule has 5 nitrogen and oxygen atoms in total. The molecule has 1 aromatic heterocycles. The fourth-order valence-corrected chi connectivity index (χ4v) is 2.80. The molecule has 1 N–H and O–H groups in total. The van der Waals surface area contributed by atoms with Crippen LogP contribution in [0.2, 0.25) is 0 Å². The zero-order valence-electron chi connectivity index (χ0n) is 15.8. The van der Waals surface area contributed by atoms with Crippen LogP contribution >= 0.6 is 0 Å². The molecule has 28 heavy (non-hydrogen) atoms. The zero-order chi connectivity index (χ0) is 19.8. The fraction of sp³-hybridized carbons (Fsp3) is 0.174. The smallest absolute Gasteiger partial charge is 0.261 e. The minimum absolute atomic E-state index is 0.0703. The highest BCUT2D eigenvalue weighted by atomic mass is 16.1. The van der Waals surface area contributed by atoms with E-state index in [9.17, 15) is 10.1 Å². The molecule has 0 saturated carbocycles. The van der Waals surface area contributed by atoms with Crippen LogP contribution in [0.5, 0.6) is 0 Å². The van der Waals surface area contributed by atoms with Crippen molar-refractivity contribution in [3.8, 4) is 23.0 Å². The average Bonchev–Trinajstić information content (AvgIpc) is 3.17. The van der Waals surface area contributed by atoms with Crippen molar-refractivity contribution in [2.24, 2.45) is 0 Å². The van der Waals surface area contributed by atoms with Crippen molar-refractivity contribution in [1.82, 2.24) is 15.1 Å². The van der Waals surface area contributed by atoms with E-state index in [1.165, 1.54) is 0 Å². The number of benzene rings is 2. The highest BCUT2D eigenvalue weighted by Gasteiger charge is 2.14. The van der Waals surface area contributed by atoms with E-state index in [2.05, 4.69) is 12.2 Å². The number of nitrogens with zero attached hydrogens (tertiary/aromatic N) is 3. The molecule has 1 heterocycles. The second kappa shape index (κ2) is 9.33. The summed E-state index contributed by atoms with van der Waals surface area (Å²) < 4.78 is 1.76. The van der Waals surface area contributed by atoms with Crippen molar-refractivity contribution in [2.75, 3.05) is 6.54 Å². The molecule has 0 radical (unpaired) electrons. The van der Waals surface area contributed by atoms with Crippen molar-refractivity contribution in [3.05, 3.63) is 78.0 Å². The monoisotopic (exact) mass is 370 g/mol. The van der Waals surface area contributed by atoms with Crippen LogP contribution in [-0.2, 0) is 4.79 Å². The third-order valence-electron chi connectivity index (χ3n) is 4.29. The molecule has 0 aliphatic carbocycles. The van der Waals surface area contributed by atoms with Gasteiger partial charge in [0, 0.05) is 23.9 Å². The van der Waals surface area contributed by atoms with E-state index < -0.39 is 0 Å². The second-order valence-corrected chi connectivity index (χ2v) is 6.36. The van der Waals surface area contributed by atoms with Crippen LogP contribution in [0.1, 0.15) is 25.3 Å². The van der Waals surface area contributed by atoms with E-state index in [4.69, 9.17) is 5.10 Å². The Morgan fingerprint density at radius 2 is 1.82 bits per heavy atom. The van der Waals surface area contributed by atoms with Gasteiger partial charge in [-0.25, -0.2) is 4.68 Å². The van der Waals surface area contributed by atoms with Gasteiger partial charge in [-0.3, -0.25) is 4.79 Å². The van der Waals surface area contributed by atoms with E-state index in [0.717, 1.165) is 35.3 Å². The van der Waals surface area contributed by atoms with Crippen LogP contribution < -0.4 is 5.32 Å². The van der Waals surface area contributed by atoms with Crippen LogP contribution in [0.4, 0.5) is 0 Å². The van der Waals surface area contributed by atoms with E-state index in [-0.39, 0.29) is 11.5 Å². The van der Waals surface area contributed by atoms with Crippen LogP contribution in [-0.4, -0.2) is 22.2 Å². The number of hydrogen-bond donors (Lipinski definition) is 1. The van der Waals surface area contributed by atoms with Crippen molar-refractivity contribution in [2.45, 2.75) is 19.8 Å². The minimum atomic E-state index is -0.359. The lowest BCUT2D eigenvalue weighted by Gasteiger charge is -2.03. The SMILES string of the molecule is CCCCNC(=O)/C(C#N)=C/c1cn(-c2ccccc2)nc1-c1ccccc1. The quantitative estimate of drug-likeness (QED) is 0.381. The third kappa shape index (κ3) is 4.54. The molecule has 3 rings (SSSR count). The molecular weight excluding hydrogens is 348 g/mol. The Kier molecular flexibility index (Phi) is 6.37. The van der Waals surface area contributed by atoms with Gasteiger partial charge in [-0.05, 0) is 24.6 Å². The first-order valence-electron chi connectivity index (χ1n) is 9.33. The number of para-hydroxylation sites is 1. The number of rotatable bonds is 7. The Hall–Kier alpha value is -3.65. The molecule has 5 heteroatoms. The maximum absolute atomic E-state index is 12.3. The molecule has 3 aromatic rings. The predicted molar refractivity (Wildman–Crippen MR) is 111 cm³/mol. The summed E-state index contributed by atoms with van der Waals surface area (Å²) in [6, 6.07) is 21.5. The van der Waals surface area contributed by atoms with Crippen LogP contribution in [0, 0.1) is 11.3 Å². The number of aromatic nitrogens is 2. The molecule has 1 amide bonds. The number of amides is 1. The minimum Gasteiger partial charge on any atom is -0.351 e. The van der Waals surface area contributed by atoms with E-state index >= 15 is 0 Å². The normalized spacial score (nSPS) is 11.1. The lowest BCUT2D eigenvalue weighted by atomic mass is 10.1. The number of unbranched alkanes of at least 4 members (excludes halogenated alkanes) is 1. The molecule has 0 fully saturated rings. The molecular formula is C23H22N4O. The first-order valence-corrected chi connectivity index (χ1v) is 9.33. The predicted octanol–water partition coefficient (Wildman–Crippen LogP) is 4.36. The summed E-state index contributed by atoms with van der Waals surface area (Å²) in [7, 11) is 0. The largest absolute Gasteiger partial charge is 0.351 e. The Labute approximate surface area is 164 Å². The van der Waals surface area contributed by atoms with Gasteiger partial charge in [0.05, 0.1) is 11.4 Å². The summed E-state index contributed by atoms with van der Waals surface area (Å²) in [5.74, 6) is -0.359. The number of carbonyl (C=O) groups excluding carboxylic acids is 1. The van der Waals surface area contributed by atoms with Crippen LogP contribution in [0.15, 0.2) is 72.4 Å². The van der Waals surface area contributed by atoms with Gasteiger partial charge in [0.1, 0.15) is 11.6 Å². The van der Waals surface area contributed by atoms with Crippen LogP contribution in [0.25, 0.3) is 23.0 Å². The van der Waals surface area contributed by atoms with Crippen molar-refractivity contribution in [3.63, 3.8) is 0 Å². The van der Waals surface area contributed by atoms with E-state index in [0.29, 0.717) is 6.54 Å². The molecule has 0 atom stereocenters. The van der Waals surface area contributed by atoms with Gasteiger partial charge in [-0.2, -0.15) is 10.4 Å². The number of nitriles is 1. The van der Waals surface area contributed by atoms with Gasteiger partial charge >= 0.3 is 0 Å². The van der Waals surface area contributed by atoms with E-state index in [1.807, 2.05) is 72.9 Å². The third-order valence-corrected chi connectivity index (χ3v) is 4.29. The fourth-order valence-electron chi connectivity index (χ4n) is 2.80. The summed E-state index contributed by atoms with van der Waals surface area (Å²) >= 11 is 0. The zero-order valence-corrected chi connectivity index (χ0v) is 15.8. The summed E-state index contributed by atoms with van der Waals surface area (Å²) in [6.07, 6.45) is 5.31. The van der Waals surface area contributed by atoms with Gasteiger partial charge in [-0.15, -0.1) is 0 Å². The van der Waals surface area contributed by atoms with Gasteiger partial charge < -0.3 is 5.32 Å². The molecule has 0 aliphatic heterocycles. The summed E-state index contributed by atoms with van der Waals surface area (Å²) in [4.78, 5) is 12.3. The number of carbonyl (C=O) groups is 1. The summed E-state index contributed by atoms with van der Waals surface area (Å²) in [5, 5.41) is 17.0. The molecule has 0 spiro atoms. The first kappa shape index (κ1) is 19.1. The van der Waals surface area contributed by atoms with Crippen molar-refractivity contribution in [1.29, 1.82) is 5.26 Å². The second-order valence-electron chi connectivity index (χ2n) is 6.36. The molecule has 140 valence electrons. The number of nitrogens with one attached hydrogen (secondary N) is 1. The molecule has 0 aliphatic rings. The van der Waals surface area contributed by atoms with Crippen molar-refractivity contribution < 1.29 is 4.79 Å². The highest BCUT2D eigenvalue weighted by Crippen LogP contribution is 2.25. The molecule has 0 saturated heterocycles. The topological polar surface area (TPSA) is 70.7 Å². The van der Waals surface area contributed by atoms with Gasteiger partial charge in [0.15, 0.2) is 0 Å². The van der Waals surface area contributed by atoms with Gasteiger partial charge in [-0.1, -0.05) is 61.9 Å². The Morgan fingerprint density at radius 1 is 1.14 bits per heavy atom. The molecule has 0 bridgehead atoms. The van der Waals surface area contributed by atoms with Gasteiger partial charge in [0.25, 0.3) is 5.91 Å². The lowest BCUT2D eigenvalue weighted by Crippen LogP contribution is -2.25. The van der Waals surface area contributed by atoms with Gasteiger partial charge in [0.2, 0.25) is 0 Å². The van der Waals surface area contributed by atoms with Crippen LogP contribution in [0.3, 0.4) is 0 Å². The highest BCUT2D eigenvalue weighted by molar-refractivity contribution is 6.02. The average molecular weight is 370 g/mol. The lowest BCUT2D eigenvalue weighted by molar-refractivity contribution is -0.117. The molecule has 0 unspecified atom stereocenters. The standard InChI is InChI=1S/C23H22N4O/c1-2-3-14-25-23(28)19(16-24)15-20-17-27(21-12-8-5-9-13-21)26-22(20)18-10-6-4-7-11-18/h4-13,15,17H,2-3,14H2,1H3,(H,25,28)/b19-15+. The summed E-state index contributed by atoms with van der Waals surface area (Å²) in [5.41, 5.74) is 3.34. The van der Waals surface area contributed by atoms with Crippen molar-refractivity contribution >= 4 is 12.0 Å². The Bertz CT molecular complexity index is 998. The maximum Gasteiger partial charge on any atom is 0.261 e.